The molecule has 0 spiro atoms. The van der Waals surface area contributed by atoms with Crippen molar-refractivity contribution < 1.29 is 9.59 Å². The molecule has 1 heterocycles. The van der Waals surface area contributed by atoms with E-state index in [2.05, 4.69) is 33.5 Å². The largest absolute Gasteiger partial charge is 0.322 e. The molecule has 1 aromatic heterocycles. The van der Waals surface area contributed by atoms with Gasteiger partial charge in [0.15, 0.2) is 0 Å². The molecule has 0 bridgehead atoms. The molecule has 3 amide bonds. The predicted molar refractivity (Wildman–Crippen MR) is 157 cm³/mol. The van der Waals surface area contributed by atoms with Crippen LogP contribution < -0.4 is 10.6 Å². The van der Waals surface area contributed by atoms with E-state index < -0.39 is 0 Å². The van der Waals surface area contributed by atoms with Gasteiger partial charge in [-0.1, -0.05) is 73.5 Å². The number of unbranched alkanes of at least 4 members (excludes halogenated alkanes) is 1. The van der Waals surface area contributed by atoms with Crippen LogP contribution in [0.1, 0.15) is 31.0 Å². The van der Waals surface area contributed by atoms with Crippen molar-refractivity contribution in [2.75, 3.05) is 23.7 Å². The summed E-state index contributed by atoms with van der Waals surface area (Å²) >= 11 is 3.47. The molecule has 0 fully saturated rings. The molecule has 0 atom stereocenters. The lowest BCUT2D eigenvalue weighted by molar-refractivity contribution is -0.116. The third-order valence-electron chi connectivity index (χ3n) is 6.18. The topological polar surface area (TPSA) is 79.3 Å². The maximum Gasteiger partial charge on any atom is 0.322 e. The molecule has 7 nitrogen and oxygen atoms in total. The quantitative estimate of drug-likeness (QED) is 0.222. The van der Waals surface area contributed by atoms with Gasteiger partial charge in [0.25, 0.3) is 0 Å². The summed E-state index contributed by atoms with van der Waals surface area (Å²) in [5.74, 6) is 0.276. The number of nitrogens with zero attached hydrogens (tertiary/aromatic N) is 3. The van der Waals surface area contributed by atoms with Crippen molar-refractivity contribution in [3.05, 3.63) is 94.6 Å². The minimum Gasteiger partial charge on any atom is -0.315 e. The van der Waals surface area contributed by atoms with Crippen LogP contribution in [0.5, 0.6) is 0 Å². The van der Waals surface area contributed by atoms with Crippen molar-refractivity contribution in [3.63, 3.8) is 0 Å². The number of hydrogen-bond acceptors (Lipinski definition) is 3. The van der Waals surface area contributed by atoms with Gasteiger partial charge in [-0.3, -0.25) is 4.79 Å². The van der Waals surface area contributed by atoms with Crippen molar-refractivity contribution in [2.45, 2.75) is 33.6 Å². The Balaban J connectivity index is 1.63. The Hall–Kier alpha value is -3.91. The summed E-state index contributed by atoms with van der Waals surface area (Å²) in [6.45, 7) is 6.38. The second-order valence-corrected chi connectivity index (χ2v) is 10.0. The van der Waals surface area contributed by atoms with Crippen LogP contribution >= 0.6 is 15.9 Å². The normalized spacial score (nSPS) is 10.7. The number of benzene rings is 3. The Morgan fingerprint density at radius 2 is 1.61 bits per heavy atom. The second-order valence-electron chi connectivity index (χ2n) is 9.16. The maximum absolute atomic E-state index is 13.5. The van der Waals surface area contributed by atoms with E-state index in [1.54, 1.807) is 9.58 Å². The Bertz CT molecular complexity index is 1400. The Morgan fingerprint density at radius 1 is 0.921 bits per heavy atom. The third-order valence-corrected chi connectivity index (χ3v) is 6.87. The minimum atomic E-state index is -0.327. The first-order valence-electron chi connectivity index (χ1n) is 12.7. The van der Waals surface area contributed by atoms with Gasteiger partial charge in [0.2, 0.25) is 5.91 Å². The summed E-state index contributed by atoms with van der Waals surface area (Å²) in [7, 11) is 0. The Kier molecular flexibility index (Phi) is 8.97. The van der Waals surface area contributed by atoms with Crippen LogP contribution in [-0.2, 0) is 4.79 Å². The second kappa shape index (κ2) is 12.6. The SMILES string of the molecule is CCCCN(CC(=O)Nc1c(-c2ccccc2)c(C)nn1-c1ccc(C)cc1)C(=O)Nc1ccccc1Br. The van der Waals surface area contributed by atoms with Crippen molar-refractivity contribution in [1.82, 2.24) is 14.7 Å². The van der Waals surface area contributed by atoms with Crippen molar-refractivity contribution in [3.8, 4) is 16.8 Å². The predicted octanol–water partition coefficient (Wildman–Crippen LogP) is 7.19. The summed E-state index contributed by atoms with van der Waals surface area (Å²) in [6.07, 6.45) is 1.68. The average Bonchev–Trinajstić information content (AvgIpc) is 3.23. The van der Waals surface area contributed by atoms with E-state index in [4.69, 9.17) is 5.10 Å². The first-order valence-corrected chi connectivity index (χ1v) is 13.5. The lowest BCUT2D eigenvalue weighted by Crippen LogP contribution is -2.41. The first-order chi connectivity index (χ1) is 18.4. The van der Waals surface area contributed by atoms with Gasteiger partial charge in [0, 0.05) is 16.6 Å². The van der Waals surface area contributed by atoms with Crippen LogP contribution in [0.25, 0.3) is 16.8 Å². The Labute approximate surface area is 232 Å². The number of amides is 3. The molecule has 0 aliphatic heterocycles. The highest BCUT2D eigenvalue weighted by molar-refractivity contribution is 9.10. The van der Waals surface area contributed by atoms with Gasteiger partial charge >= 0.3 is 6.03 Å². The van der Waals surface area contributed by atoms with Gasteiger partial charge < -0.3 is 15.5 Å². The number of nitrogens with one attached hydrogen (secondary N) is 2. The van der Waals surface area contributed by atoms with Crippen LogP contribution in [0, 0.1) is 13.8 Å². The zero-order chi connectivity index (χ0) is 27.1. The summed E-state index contributed by atoms with van der Waals surface area (Å²) in [4.78, 5) is 28.2. The molecule has 0 aliphatic carbocycles. The average molecular weight is 575 g/mol. The van der Waals surface area contributed by atoms with E-state index in [9.17, 15) is 9.59 Å². The molecule has 196 valence electrons. The summed E-state index contributed by atoms with van der Waals surface area (Å²) < 4.78 is 2.53. The molecule has 0 aliphatic rings. The van der Waals surface area contributed by atoms with Crippen LogP contribution in [0.4, 0.5) is 16.3 Å². The zero-order valence-electron chi connectivity index (χ0n) is 21.9. The number of hydrogen-bond donors (Lipinski definition) is 2. The van der Waals surface area contributed by atoms with E-state index >= 15 is 0 Å². The summed E-state index contributed by atoms with van der Waals surface area (Å²) in [5.41, 5.74) is 5.21. The maximum atomic E-state index is 13.5. The lowest BCUT2D eigenvalue weighted by Gasteiger charge is -2.23. The Morgan fingerprint density at radius 3 is 2.29 bits per heavy atom. The molecule has 0 saturated carbocycles. The smallest absolute Gasteiger partial charge is 0.315 e. The minimum absolute atomic E-state index is 0.0946. The number of urea groups is 1. The highest BCUT2D eigenvalue weighted by Crippen LogP contribution is 2.33. The highest BCUT2D eigenvalue weighted by Gasteiger charge is 2.23. The fraction of sp³-hybridized carbons (Fsp3) is 0.233. The summed E-state index contributed by atoms with van der Waals surface area (Å²) in [6, 6.07) is 24.9. The molecule has 4 rings (SSSR count). The van der Waals surface area contributed by atoms with Gasteiger partial charge in [-0.05, 0) is 66.0 Å². The van der Waals surface area contributed by atoms with Gasteiger partial charge in [-0.2, -0.15) is 5.10 Å². The standard InChI is InChI=1S/C30H32BrN5O2/c1-4-5-19-35(30(38)32-26-14-10-9-13-25(26)31)20-27(37)33-29-28(23-11-7-6-8-12-23)22(3)34-36(29)24-17-15-21(2)16-18-24/h6-18H,4-5,19-20H2,1-3H3,(H,32,38)(H,33,37). The fourth-order valence-electron chi connectivity index (χ4n) is 4.17. The van der Waals surface area contributed by atoms with Crippen molar-refractivity contribution in [2.24, 2.45) is 0 Å². The van der Waals surface area contributed by atoms with Gasteiger partial charge in [0.05, 0.1) is 17.1 Å². The molecule has 0 unspecified atom stereocenters. The van der Waals surface area contributed by atoms with Crippen molar-refractivity contribution in [1.29, 1.82) is 0 Å². The van der Waals surface area contributed by atoms with Crippen LogP contribution in [0.2, 0.25) is 0 Å². The van der Waals surface area contributed by atoms with Crippen molar-refractivity contribution >= 4 is 39.4 Å². The zero-order valence-corrected chi connectivity index (χ0v) is 23.5. The van der Waals surface area contributed by atoms with E-state index in [1.807, 2.05) is 92.7 Å². The van der Waals surface area contributed by atoms with Crippen LogP contribution in [0.15, 0.2) is 83.3 Å². The molecule has 2 N–H and O–H groups in total. The first kappa shape index (κ1) is 27.1. The van der Waals surface area contributed by atoms with Gasteiger partial charge in [-0.15, -0.1) is 0 Å². The number of aromatic nitrogens is 2. The van der Waals surface area contributed by atoms with E-state index in [0.717, 1.165) is 45.4 Å². The molecule has 38 heavy (non-hydrogen) atoms. The number of halogens is 1. The number of carbonyl (C=O) groups is 2. The molecule has 4 aromatic rings. The van der Waals surface area contributed by atoms with E-state index in [1.165, 1.54) is 0 Å². The van der Waals surface area contributed by atoms with E-state index in [-0.39, 0.29) is 18.5 Å². The van der Waals surface area contributed by atoms with Crippen LogP contribution in [-0.4, -0.2) is 39.7 Å². The van der Waals surface area contributed by atoms with Gasteiger partial charge in [-0.25, -0.2) is 9.48 Å². The fourth-order valence-corrected chi connectivity index (χ4v) is 4.55. The third kappa shape index (κ3) is 6.50. The molecule has 0 radical (unpaired) electrons. The van der Waals surface area contributed by atoms with Gasteiger partial charge in [0.1, 0.15) is 12.4 Å². The number of aryl methyl sites for hydroxylation is 2. The van der Waals surface area contributed by atoms with Crippen LogP contribution in [0.3, 0.4) is 0 Å². The van der Waals surface area contributed by atoms with E-state index in [0.29, 0.717) is 18.1 Å². The molecule has 0 saturated heterocycles. The summed E-state index contributed by atoms with van der Waals surface area (Å²) in [5, 5.41) is 10.8. The molecular weight excluding hydrogens is 542 g/mol. The number of rotatable bonds is 9. The number of carbonyl (C=O) groups excluding carboxylic acids is 2. The monoisotopic (exact) mass is 573 g/mol. The molecular formula is C30H32BrN5O2. The number of para-hydroxylation sites is 1. The highest BCUT2D eigenvalue weighted by atomic mass is 79.9. The number of anilines is 2. The molecule has 8 heteroatoms. The molecule has 3 aromatic carbocycles. The lowest BCUT2D eigenvalue weighted by atomic mass is 10.1.